The van der Waals surface area contributed by atoms with Gasteiger partial charge in [-0.2, -0.15) is 5.10 Å². The highest BCUT2D eigenvalue weighted by atomic mass is 35.5. The maximum atomic E-state index is 11.2. The minimum absolute atomic E-state index is 0.0607. The highest BCUT2D eigenvalue weighted by Crippen LogP contribution is 1.97. The van der Waals surface area contributed by atoms with Gasteiger partial charge in [-0.05, 0) is 0 Å². The SMILES string of the molecule is Cn1cc(CNS(=O)(=O)CCCl)cn1. The first-order valence-electron chi connectivity index (χ1n) is 4.04. The molecule has 0 fully saturated rings. The Balaban J connectivity index is 2.48. The summed E-state index contributed by atoms with van der Waals surface area (Å²) in [5.41, 5.74) is 0.825. The molecule has 1 aromatic rings. The van der Waals surface area contributed by atoms with Crippen molar-refractivity contribution >= 4 is 21.6 Å². The molecule has 1 rings (SSSR count). The van der Waals surface area contributed by atoms with E-state index >= 15 is 0 Å². The van der Waals surface area contributed by atoms with Crippen molar-refractivity contribution in [3.63, 3.8) is 0 Å². The molecule has 0 bridgehead atoms. The van der Waals surface area contributed by atoms with Crippen LogP contribution in [0.5, 0.6) is 0 Å². The van der Waals surface area contributed by atoms with Crippen molar-refractivity contribution in [1.29, 1.82) is 0 Å². The molecule has 0 radical (unpaired) electrons. The smallest absolute Gasteiger partial charge is 0.213 e. The number of hydrogen-bond acceptors (Lipinski definition) is 3. The van der Waals surface area contributed by atoms with Gasteiger partial charge in [0.2, 0.25) is 10.0 Å². The summed E-state index contributed by atoms with van der Waals surface area (Å²) in [5.74, 6) is 0.0389. The molecule has 0 saturated carbocycles. The zero-order chi connectivity index (χ0) is 10.6. The van der Waals surface area contributed by atoms with E-state index in [-0.39, 0.29) is 18.2 Å². The molecule has 5 nitrogen and oxygen atoms in total. The number of hydrogen-bond donors (Lipinski definition) is 1. The van der Waals surface area contributed by atoms with Gasteiger partial charge in [0.05, 0.1) is 11.9 Å². The number of sulfonamides is 1. The first-order valence-corrected chi connectivity index (χ1v) is 6.23. The maximum Gasteiger partial charge on any atom is 0.213 e. The molecule has 1 aromatic heterocycles. The summed E-state index contributed by atoms with van der Waals surface area (Å²) in [6, 6.07) is 0. The van der Waals surface area contributed by atoms with Gasteiger partial charge in [0.15, 0.2) is 0 Å². The third kappa shape index (κ3) is 3.65. The zero-order valence-electron chi connectivity index (χ0n) is 7.77. The first kappa shape index (κ1) is 11.5. The molecule has 0 aliphatic rings. The van der Waals surface area contributed by atoms with E-state index in [0.29, 0.717) is 0 Å². The lowest BCUT2D eigenvalue weighted by molar-refractivity contribution is 0.583. The monoisotopic (exact) mass is 237 g/mol. The van der Waals surface area contributed by atoms with E-state index in [1.807, 2.05) is 0 Å². The standard InChI is InChI=1S/C7H12ClN3O2S/c1-11-6-7(4-9-11)5-10-14(12,13)3-2-8/h4,6,10H,2-3,5H2,1H3. The molecule has 7 heteroatoms. The van der Waals surface area contributed by atoms with Gasteiger partial charge in [-0.15, -0.1) is 11.6 Å². The van der Waals surface area contributed by atoms with E-state index in [0.717, 1.165) is 5.56 Å². The first-order chi connectivity index (χ1) is 6.53. The van der Waals surface area contributed by atoms with Crippen LogP contribution >= 0.6 is 11.6 Å². The van der Waals surface area contributed by atoms with Crippen molar-refractivity contribution in [2.75, 3.05) is 11.6 Å². The van der Waals surface area contributed by atoms with Crippen molar-refractivity contribution < 1.29 is 8.42 Å². The number of nitrogens with one attached hydrogen (secondary N) is 1. The third-order valence-corrected chi connectivity index (χ3v) is 3.34. The van der Waals surface area contributed by atoms with E-state index < -0.39 is 10.0 Å². The van der Waals surface area contributed by atoms with Crippen LogP contribution < -0.4 is 4.72 Å². The second-order valence-corrected chi connectivity index (χ2v) is 5.16. The number of aromatic nitrogens is 2. The van der Waals surface area contributed by atoms with Gasteiger partial charge in [0.1, 0.15) is 0 Å². The average molecular weight is 238 g/mol. The molecule has 0 atom stereocenters. The van der Waals surface area contributed by atoms with Crippen molar-refractivity contribution in [2.24, 2.45) is 7.05 Å². The predicted octanol–water partition coefficient (Wildman–Crippen LogP) is 0.0783. The Morgan fingerprint density at radius 3 is 2.86 bits per heavy atom. The molecule has 14 heavy (non-hydrogen) atoms. The minimum Gasteiger partial charge on any atom is -0.275 e. The van der Waals surface area contributed by atoms with Crippen molar-refractivity contribution in [3.05, 3.63) is 18.0 Å². The summed E-state index contributed by atoms with van der Waals surface area (Å²) in [7, 11) is -1.46. The molecule has 0 aromatic carbocycles. The number of nitrogens with zero attached hydrogens (tertiary/aromatic N) is 2. The highest BCUT2D eigenvalue weighted by Gasteiger charge is 2.08. The van der Waals surface area contributed by atoms with Gasteiger partial charge >= 0.3 is 0 Å². The lowest BCUT2D eigenvalue weighted by atomic mass is 10.4. The molecule has 1 N–H and O–H groups in total. The minimum atomic E-state index is -3.24. The maximum absolute atomic E-state index is 11.2. The van der Waals surface area contributed by atoms with Crippen LogP contribution in [0.15, 0.2) is 12.4 Å². The van der Waals surface area contributed by atoms with E-state index in [2.05, 4.69) is 9.82 Å². The van der Waals surface area contributed by atoms with Crippen molar-refractivity contribution in [1.82, 2.24) is 14.5 Å². The van der Waals surface area contributed by atoms with Crippen LogP contribution in [0.3, 0.4) is 0 Å². The molecule has 0 spiro atoms. The van der Waals surface area contributed by atoms with Crippen molar-refractivity contribution in [3.8, 4) is 0 Å². The second-order valence-electron chi connectivity index (χ2n) is 2.85. The Kier molecular flexibility index (Phi) is 3.91. The fourth-order valence-corrected chi connectivity index (χ4v) is 2.27. The fourth-order valence-electron chi connectivity index (χ4n) is 0.930. The number of alkyl halides is 1. The van der Waals surface area contributed by atoms with Gasteiger partial charge in [-0.3, -0.25) is 4.68 Å². The summed E-state index contributed by atoms with van der Waals surface area (Å²) in [6.45, 7) is 0.257. The molecule has 0 aliphatic heterocycles. The normalized spacial score (nSPS) is 11.9. The summed E-state index contributed by atoms with van der Waals surface area (Å²) in [6.07, 6.45) is 3.37. The molecule has 1 heterocycles. The molecular formula is C7H12ClN3O2S. The van der Waals surface area contributed by atoms with Crippen LogP contribution in [0.2, 0.25) is 0 Å². The average Bonchev–Trinajstić information content (AvgIpc) is 2.48. The number of aryl methyl sites for hydroxylation is 1. The number of halogens is 1. The van der Waals surface area contributed by atoms with E-state index in [1.165, 1.54) is 0 Å². The fraction of sp³-hybridized carbons (Fsp3) is 0.571. The molecule has 0 unspecified atom stereocenters. The van der Waals surface area contributed by atoms with Crippen molar-refractivity contribution in [2.45, 2.75) is 6.54 Å². The third-order valence-electron chi connectivity index (χ3n) is 1.60. The van der Waals surface area contributed by atoms with E-state index in [1.54, 1.807) is 24.1 Å². The van der Waals surface area contributed by atoms with Gasteiger partial charge in [0.25, 0.3) is 0 Å². The quantitative estimate of drug-likeness (QED) is 0.738. The Bertz CT molecular complexity index is 387. The van der Waals surface area contributed by atoms with E-state index in [4.69, 9.17) is 11.6 Å². The summed E-state index contributed by atoms with van der Waals surface area (Å²) < 4.78 is 26.4. The summed E-state index contributed by atoms with van der Waals surface area (Å²) in [5, 5.41) is 3.92. The van der Waals surface area contributed by atoms with Crippen LogP contribution in [0, 0.1) is 0 Å². The summed E-state index contributed by atoms with van der Waals surface area (Å²) >= 11 is 5.34. The Hall–Kier alpha value is -0.590. The van der Waals surface area contributed by atoms with Crippen LogP contribution in [0.1, 0.15) is 5.56 Å². The second kappa shape index (κ2) is 4.77. The highest BCUT2D eigenvalue weighted by molar-refractivity contribution is 7.89. The number of rotatable bonds is 5. The largest absolute Gasteiger partial charge is 0.275 e. The van der Waals surface area contributed by atoms with Gasteiger partial charge in [0, 0.05) is 31.2 Å². The predicted molar refractivity (Wildman–Crippen MR) is 54.6 cm³/mol. The summed E-state index contributed by atoms with van der Waals surface area (Å²) in [4.78, 5) is 0. The molecule has 0 aliphatic carbocycles. The van der Waals surface area contributed by atoms with E-state index in [9.17, 15) is 8.42 Å². The molecule has 80 valence electrons. The van der Waals surface area contributed by atoms with Crippen LogP contribution in [-0.2, 0) is 23.6 Å². The van der Waals surface area contributed by atoms with Gasteiger partial charge < -0.3 is 0 Å². The zero-order valence-corrected chi connectivity index (χ0v) is 9.35. The van der Waals surface area contributed by atoms with Crippen LogP contribution in [0.25, 0.3) is 0 Å². The lowest BCUT2D eigenvalue weighted by Gasteiger charge is -2.02. The lowest BCUT2D eigenvalue weighted by Crippen LogP contribution is -2.26. The Labute approximate surface area is 88.1 Å². The Morgan fingerprint density at radius 1 is 1.64 bits per heavy atom. The van der Waals surface area contributed by atoms with Gasteiger partial charge in [-0.1, -0.05) is 0 Å². The molecular weight excluding hydrogens is 226 g/mol. The Morgan fingerprint density at radius 2 is 2.36 bits per heavy atom. The molecule has 0 saturated heterocycles. The topological polar surface area (TPSA) is 64.0 Å². The van der Waals surface area contributed by atoms with Gasteiger partial charge in [-0.25, -0.2) is 13.1 Å². The van der Waals surface area contributed by atoms with Crippen LogP contribution in [0.4, 0.5) is 0 Å². The van der Waals surface area contributed by atoms with Crippen LogP contribution in [-0.4, -0.2) is 29.8 Å². The molecule has 0 amide bonds.